The summed E-state index contributed by atoms with van der Waals surface area (Å²) in [6.07, 6.45) is 3.13. The summed E-state index contributed by atoms with van der Waals surface area (Å²) in [6.45, 7) is 2.63. The first-order valence-electron chi connectivity index (χ1n) is 13.6. The molecular weight excluding hydrogens is 549 g/mol. The Morgan fingerprint density at radius 3 is 2.02 bits per heavy atom. The van der Waals surface area contributed by atoms with Gasteiger partial charge in [-0.3, -0.25) is 4.79 Å². The zero-order chi connectivity index (χ0) is 28.1. The number of hydrogen-bond donors (Lipinski definition) is 0. The molecule has 6 heteroatoms. The molecule has 206 valence electrons. The van der Waals surface area contributed by atoms with Crippen LogP contribution in [0.25, 0.3) is 0 Å². The van der Waals surface area contributed by atoms with Crippen molar-refractivity contribution in [1.82, 2.24) is 0 Å². The first-order valence-corrected chi connectivity index (χ1v) is 15.2. The Hall–Kier alpha value is -3.87. The fraction of sp³-hybridized carbons (Fsp3) is 0.171. The summed E-state index contributed by atoms with van der Waals surface area (Å²) in [4.78, 5) is 15.5. The van der Waals surface area contributed by atoms with Gasteiger partial charge >= 0.3 is 5.97 Å². The molecule has 1 saturated heterocycles. The maximum Gasteiger partial charge on any atom is 0.314 e. The first-order chi connectivity index (χ1) is 20.1. The van der Waals surface area contributed by atoms with Gasteiger partial charge < -0.3 is 13.9 Å². The zero-order valence-corrected chi connectivity index (χ0v) is 24.2. The van der Waals surface area contributed by atoms with Crippen LogP contribution >= 0.6 is 23.5 Å². The van der Waals surface area contributed by atoms with Gasteiger partial charge in [-0.2, -0.15) is 0 Å². The van der Waals surface area contributed by atoms with Crippen molar-refractivity contribution in [3.8, 4) is 5.75 Å². The Morgan fingerprint density at radius 2 is 1.44 bits per heavy atom. The van der Waals surface area contributed by atoms with Gasteiger partial charge in [0.15, 0.2) is 0 Å². The van der Waals surface area contributed by atoms with Crippen LogP contribution < -0.4 is 4.74 Å². The van der Waals surface area contributed by atoms with Crippen molar-refractivity contribution in [1.29, 1.82) is 0 Å². The van der Waals surface area contributed by atoms with Crippen molar-refractivity contribution in [2.75, 3.05) is 0 Å². The van der Waals surface area contributed by atoms with E-state index in [-0.39, 0.29) is 23.9 Å². The van der Waals surface area contributed by atoms with Crippen LogP contribution in [0.5, 0.6) is 5.75 Å². The van der Waals surface area contributed by atoms with Crippen LogP contribution in [0.4, 0.5) is 0 Å². The lowest BCUT2D eigenvalue weighted by atomic mass is 9.78. The summed E-state index contributed by atoms with van der Waals surface area (Å²) < 4.78 is 17.0. The van der Waals surface area contributed by atoms with Gasteiger partial charge in [0.2, 0.25) is 0 Å². The molecule has 1 aliphatic heterocycles. The second-order valence-electron chi connectivity index (χ2n) is 10.0. The monoisotopic (exact) mass is 578 g/mol. The van der Waals surface area contributed by atoms with Crippen molar-refractivity contribution in [3.05, 3.63) is 151 Å². The Balaban J connectivity index is 1.34. The smallest absolute Gasteiger partial charge is 0.314 e. The van der Waals surface area contributed by atoms with Gasteiger partial charge in [0, 0.05) is 21.3 Å². The van der Waals surface area contributed by atoms with E-state index in [4.69, 9.17) is 13.9 Å². The minimum absolute atomic E-state index is 0.129. The molecule has 0 bridgehead atoms. The zero-order valence-electron chi connectivity index (χ0n) is 22.6. The third-order valence-corrected chi connectivity index (χ3v) is 10.7. The number of hydrogen-bond acceptors (Lipinski definition) is 6. The Kier molecular flexibility index (Phi) is 8.21. The van der Waals surface area contributed by atoms with Crippen LogP contribution in [0.1, 0.15) is 29.7 Å². The summed E-state index contributed by atoms with van der Waals surface area (Å²) in [7, 11) is 0. The molecule has 0 spiro atoms. The van der Waals surface area contributed by atoms with Gasteiger partial charge in [0.05, 0.1) is 12.5 Å². The third kappa shape index (κ3) is 5.95. The van der Waals surface area contributed by atoms with E-state index in [1.54, 1.807) is 36.1 Å². The molecule has 2 heterocycles. The Labute approximate surface area is 249 Å². The van der Waals surface area contributed by atoms with Crippen molar-refractivity contribution < 1.29 is 18.7 Å². The van der Waals surface area contributed by atoms with E-state index in [0.717, 1.165) is 32.2 Å². The maximum absolute atomic E-state index is 13.3. The van der Waals surface area contributed by atoms with Gasteiger partial charge in [-0.1, -0.05) is 85.8 Å². The van der Waals surface area contributed by atoms with Crippen molar-refractivity contribution >= 4 is 29.5 Å². The fourth-order valence-corrected chi connectivity index (χ4v) is 8.37. The molecule has 3 unspecified atom stereocenters. The number of ether oxygens (including phenoxy) is 2. The van der Waals surface area contributed by atoms with E-state index < -0.39 is 4.08 Å². The molecule has 0 saturated carbocycles. The molecule has 5 aromatic rings. The van der Waals surface area contributed by atoms with E-state index in [2.05, 4.69) is 31.2 Å². The number of rotatable bonds is 11. The third-order valence-electron chi connectivity index (χ3n) is 7.36. The summed E-state index contributed by atoms with van der Waals surface area (Å²) >= 11 is 3.51. The van der Waals surface area contributed by atoms with Crippen LogP contribution in [0.2, 0.25) is 0 Å². The number of furan rings is 1. The van der Waals surface area contributed by atoms with Crippen LogP contribution in [0, 0.1) is 11.8 Å². The van der Waals surface area contributed by atoms with E-state index in [1.807, 2.05) is 97.1 Å². The highest BCUT2D eigenvalue weighted by Crippen LogP contribution is 2.62. The van der Waals surface area contributed by atoms with Gasteiger partial charge in [0.25, 0.3) is 0 Å². The van der Waals surface area contributed by atoms with E-state index in [1.165, 1.54) is 0 Å². The summed E-state index contributed by atoms with van der Waals surface area (Å²) in [5.41, 5.74) is 3.05. The quantitative estimate of drug-likeness (QED) is 0.0885. The standard InChI is InChI=1S/C35H30O4S2/c1-25(32-33(39-34(32)36)27-14-11-15-29(22-27)38-23-26-12-5-2-6-13-26)35(28-20-21-37-24-28,40-30-16-7-3-8-17-30)41-31-18-9-4-10-19-31/h2-22,24-25,32-33H,23H2,1H3. The van der Waals surface area contributed by atoms with Crippen LogP contribution in [-0.4, -0.2) is 5.97 Å². The highest BCUT2D eigenvalue weighted by atomic mass is 32.2. The molecule has 1 fully saturated rings. The largest absolute Gasteiger partial charge is 0.489 e. The number of benzene rings is 4. The molecule has 0 N–H and O–H groups in total. The molecule has 1 aliphatic rings. The predicted octanol–water partition coefficient (Wildman–Crippen LogP) is 9.15. The molecule has 0 radical (unpaired) electrons. The Morgan fingerprint density at radius 1 is 0.805 bits per heavy atom. The number of carbonyl (C=O) groups excluding carboxylic acids is 1. The summed E-state index contributed by atoms with van der Waals surface area (Å²) in [6, 6.07) is 40.7. The lowest BCUT2D eigenvalue weighted by Crippen LogP contribution is -2.47. The predicted molar refractivity (Wildman–Crippen MR) is 164 cm³/mol. The van der Waals surface area contributed by atoms with Gasteiger partial charge in [-0.15, -0.1) is 23.5 Å². The molecule has 1 aromatic heterocycles. The van der Waals surface area contributed by atoms with Crippen molar-refractivity contribution in [2.24, 2.45) is 11.8 Å². The fourth-order valence-electron chi connectivity index (χ4n) is 5.21. The second kappa shape index (κ2) is 12.3. The minimum Gasteiger partial charge on any atom is -0.489 e. The molecule has 0 amide bonds. The number of cyclic esters (lactones) is 1. The van der Waals surface area contributed by atoms with Crippen LogP contribution in [0.3, 0.4) is 0 Å². The molecule has 0 aliphatic carbocycles. The minimum atomic E-state index is -0.570. The molecule has 6 rings (SSSR count). The number of carbonyl (C=O) groups is 1. The summed E-state index contributed by atoms with van der Waals surface area (Å²) in [5, 5.41) is 0. The SMILES string of the molecule is CC(C1C(=O)OC1c1cccc(OCc2ccccc2)c1)C(Sc1ccccc1)(Sc1ccccc1)c1ccoc1. The molecule has 3 atom stereocenters. The average molecular weight is 579 g/mol. The van der Waals surface area contributed by atoms with Crippen molar-refractivity contribution in [2.45, 2.75) is 33.5 Å². The van der Waals surface area contributed by atoms with E-state index in [0.29, 0.717) is 6.61 Å². The van der Waals surface area contributed by atoms with Crippen molar-refractivity contribution in [3.63, 3.8) is 0 Å². The topological polar surface area (TPSA) is 48.7 Å². The second-order valence-corrected chi connectivity index (χ2v) is 12.9. The molecule has 4 aromatic carbocycles. The number of thioether (sulfide) groups is 2. The molecule has 41 heavy (non-hydrogen) atoms. The van der Waals surface area contributed by atoms with Gasteiger partial charge in [0.1, 0.15) is 28.5 Å². The lowest BCUT2D eigenvalue weighted by molar-refractivity contribution is -0.191. The molecular formula is C35H30O4S2. The van der Waals surface area contributed by atoms with E-state index >= 15 is 0 Å². The lowest BCUT2D eigenvalue weighted by Gasteiger charge is -2.47. The normalized spacial score (nSPS) is 17.3. The van der Waals surface area contributed by atoms with Gasteiger partial charge in [-0.25, -0.2) is 0 Å². The summed E-state index contributed by atoms with van der Waals surface area (Å²) in [5.74, 6) is 0.0739. The average Bonchev–Trinajstić information content (AvgIpc) is 3.56. The first kappa shape index (κ1) is 27.3. The van der Waals surface area contributed by atoms with Gasteiger partial charge in [-0.05, 0) is 53.6 Å². The highest BCUT2D eigenvalue weighted by Gasteiger charge is 2.55. The molecule has 4 nitrogen and oxygen atoms in total. The van der Waals surface area contributed by atoms with Crippen LogP contribution in [0.15, 0.2) is 148 Å². The Bertz CT molecular complexity index is 1510. The van der Waals surface area contributed by atoms with Crippen LogP contribution in [-0.2, 0) is 20.2 Å². The highest BCUT2D eigenvalue weighted by molar-refractivity contribution is 8.17. The van der Waals surface area contributed by atoms with E-state index in [9.17, 15) is 4.79 Å². The number of esters is 1. The maximum atomic E-state index is 13.3.